The summed E-state index contributed by atoms with van der Waals surface area (Å²) in [5.74, 6) is 0.228. The van der Waals surface area contributed by atoms with Crippen LogP contribution in [0.3, 0.4) is 0 Å². The van der Waals surface area contributed by atoms with E-state index < -0.39 is 5.54 Å². The minimum Gasteiger partial charge on any atom is -0.383 e. The average molecular weight is 335 g/mol. The third-order valence-electron chi connectivity index (χ3n) is 5.41. The molecule has 134 valence electrons. The number of hydrogen-bond donors (Lipinski definition) is 1. The number of hydrogen-bond acceptors (Lipinski definition) is 5. The number of piperidine rings is 1. The van der Waals surface area contributed by atoms with E-state index in [0.29, 0.717) is 6.04 Å². The number of aromatic nitrogens is 2. The number of methoxy groups -OCH3 is 1. The summed E-state index contributed by atoms with van der Waals surface area (Å²) in [6.45, 7) is 8.03. The summed E-state index contributed by atoms with van der Waals surface area (Å²) in [6, 6.07) is 2.26. The molecular formula is C17H29N5O2. The van der Waals surface area contributed by atoms with Gasteiger partial charge < -0.3 is 15.0 Å². The van der Waals surface area contributed by atoms with Crippen LogP contribution in [-0.2, 0) is 15.1 Å². The van der Waals surface area contributed by atoms with Gasteiger partial charge in [-0.25, -0.2) is 0 Å². The van der Waals surface area contributed by atoms with E-state index in [2.05, 4.69) is 22.2 Å². The lowest BCUT2D eigenvalue weighted by atomic mass is 9.86. The van der Waals surface area contributed by atoms with Crippen molar-refractivity contribution < 1.29 is 9.53 Å². The number of nitrogens with one attached hydrogen (secondary N) is 1. The summed E-state index contributed by atoms with van der Waals surface area (Å²) >= 11 is 0. The smallest absolute Gasteiger partial charge is 0.250 e. The fraction of sp³-hybridized carbons (Fsp3) is 0.765. The molecule has 1 amide bonds. The Morgan fingerprint density at radius 3 is 2.79 bits per heavy atom. The highest BCUT2D eigenvalue weighted by Gasteiger charge is 2.45. The fourth-order valence-electron chi connectivity index (χ4n) is 3.92. The normalized spacial score (nSPS) is 24.9. The van der Waals surface area contributed by atoms with Gasteiger partial charge in [-0.3, -0.25) is 14.4 Å². The summed E-state index contributed by atoms with van der Waals surface area (Å²) in [6.07, 6.45) is 5.29. The Morgan fingerprint density at radius 2 is 2.17 bits per heavy atom. The first-order valence-corrected chi connectivity index (χ1v) is 8.90. The maximum Gasteiger partial charge on any atom is 0.250 e. The molecule has 0 aliphatic carbocycles. The second-order valence-corrected chi connectivity index (χ2v) is 6.86. The molecule has 1 atom stereocenters. The van der Waals surface area contributed by atoms with E-state index in [-0.39, 0.29) is 5.91 Å². The Labute approximate surface area is 143 Å². The molecule has 3 rings (SSSR count). The van der Waals surface area contributed by atoms with Crippen LogP contribution in [-0.4, -0.2) is 84.5 Å². The molecule has 7 nitrogen and oxygen atoms in total. The van der Waals surface area contributed by atoms with Gasteiger partial charge in [-0.05, 0) is 38.9 Å². The molecule has 1 aromatic rings. The molecule has 2 fully saturated rings. The first-order chi connectivity index (χ1) is 11.7. The highest BCUT2D eigenvalue weighted by atomic mass is 16.5. The second kappa shape index (κ2) is 7.63. The van der Waals surface area contributed by atoms with Gasteiger partial charge in [0.05, 0.1) is 6.61 Å². The van der Waals surface area contributed by atoms with Crippen molar-refractivity contribution in [2.45, 2.75) is 31.3 Å². The molecule has 0 aromatic carbocycles. The number of rotatable bonds is 5. The summed E-state index contributed by atoms with van der Waals surface area (Å²) < 4.78 is 7.07. The van der Waals surface area contributed by atoms with Gasteiger partial charge in [-0.15, -0.1) is 0 Å². The summed E-state index contributed by atoms with van der Waals surface area (Å²) in [5, 5.41) is 7.78. The number of carbonyl (C=O) groups excluding carboxylic acids is 1. The lowest BCUT2D eigenvalue weighted by Gasteiger charge is -2.45. The third kappa shape index (κ3) is 3.34. The van der Waals surface area contributed by atoms with Crippen LogP contribution in [0.25, 0.3) is 0 Å². The average Bonchev–Trinajstić information content (AvgIpc) is 3.16. The van der Waals surface area contributed by atoms with Gasteiger partial charge in [0.25, 0.3) is 5.91 Å². The number of amides is 1. The van der Waals surface area contributed by atoms with Crippen molar-refractivity contribution in [2.24, 2.45) is 0 Å². The zero-order valence-electron chi connectivity index (χ0n) is 14.8. The van der Waals surface area contributed by atoms with Crippen LogP contribution in [0.4, 0.5) is 0 Å². The third-order valence-corrected chi connectivity index (χ3v) is 5.41. The van der Waals surface area contributed by atoms with Crippen LogP contribution in [0.2, 0.25) is 0 Å². The van der Waals surface area contributed by atoms with Crippen molar-refractivity contribution in [3.05, 3.63) is 18.5 Å². The standard InChI is InChI=1S/C17H29N5O2/c1-15-14-21(11-10-20(15)12-13-24-2)16(23)17(4-7-18-8-5-17)22-9-3-6-19-22/h3,6,9,15,18H,4-5,7-8,10-14H2,1-2H3. The Bertz CT molecular complexity index is 527. The van der Waals surface area contributed by atoms with Crippen LogP contribution in [0.5, 0.6) is 0 Å². The molecule has 7 heteroatoms. The molecule has 0 bridgehead atoms. The van der Waals surface area contributed by atoms with Gasteiger partial charge in [-0.2, -0.15) is 5.10 Å². The van der Waals surface area contributed by atoms with Crippen molar-refractivity contribution in [2.75, 3.05) is 53.0 Å². The van der Waals surface area contributed by atoms with Gasteiger partial charge in [0.15, 0.2) is 0 Å². The molecule has 1 unspecified atom stereocenters. The van der Waals surface area contributed by atoms with Gasteiger partial charge in [0, 0.05) is 51.7 Å². The minimum absolute atomic E-state index is 0.228. The monoisotopic (exact) mass is 335 g/mol. The molecule has 0 saturated carbocycles. The van der Waals surface area contributed by atoms with Crippen LogP contribution < -0.4 is 5.32 Å². The summed E-state index contributed by atoms with van der Waals surface area (Å²) in [5.41, 5.74) is -0.525. The van der Waals surface area contributed by atoms with E-state index in [4.69, 9.17) is 4.74 Å². The predicted molar refractivity (Wildman–Crippen MR) is 91.8 cm³/mol. The number of piperazine rings is 1. The Balaban J connectivity index is 1.72. The fourth-order valence-corrected chi connectivity index (χ4v) is 3.92. The van der Waals surface area contributed by atoms with E-state index in [0.717, 1.165) is 58.7 Å². The summed E-state index contributed by atoms with van der Waals surface area (Å²) in [7, 11) is 1.73. The zero-order chi connectivity index (χ0) is 17.0. The van der Waals surface area contributed by atoms with Crippen LogP contribution in [0.1, 0.15) is 19.8 Å². The second-order valence-electron chi connectivity index (χ2n) is 6.86. The lowest BCUT2D eigenvalue weighted by Crippen LogP contribution is -2.61. The van der Waals surface area contributed by atoms with Gasteiger partial charge in [0.2, 0.25) is 0 Å². The zero-order valence-corrected chi connectivity index (χ0v) is 14.8. The molecule has 2 saturated heterocycles. The minimum atomic E-state index is -0.525. The number of nitrogens with zero attached hydrogens (tertiary/aromatic N) is 4. The van der Waals surface area contributed by atoms with Gasteiger partial charge in [0.1, 0.15) is 5.54 Å². The maximum absolute atomic E-state index is 13.4. The van der Waals surface area contributed by atoms with Crippen molar-refractivity contribution in [1.29, 1.82) is 0 Å². The Morgan fingerprint density at radius 1 is 1.38 bits per heavy atom. The number of ether oxygens (including phenoxy) is 1. The molecule has 3 heterocycles. The first kappa shape index (κ1) is 17.4. The molecule has 2 aliphatic heterocycles. The molecule has 24 heavy (non-hydrogen) atoms. The van der Waals surface area contributed by atoms with E-state index in [9.17, 15) is 4.79 Å². The van der Waals surface area contributed by atoms with Crippen molar-refractivity contribution >= 4 is 5.91 Å². The molecule has 1 aromatic heterocycles. The SMILES string of the molecule is COCCN1CCN(C(=O)C2(n3cccn3)CCNCC2)CC1C. The number of carbonyl (C=O) groups is 1. The van der Waals surface area contributed by atoms with E-state index in [1.165, 1.54) is 0 Å². The Hall–Kier alpha value is -1.44. The molecule has 2 aliphatic rings. The lowest BCUT2D eigenvalue weighted by molar-refractivity contribution is -0.146. The van der Waals surface area contributed by atoms with Crippen LogP contribution >= 0.6 is 0 Å². The quantitative estimate of drug-likeness (QED) is 0.829. The van der Waals surface area contributed by atoms with Crippen LogP contribution in [0, 0.1) is 0 Å². The largest absolute Gasteiger partial charge is 0.383 e. The molecule has 0 radical (unpaired) electrons. The van der Waals surface area contributed by atoms with Gasteiger partial charge >= 0.3 is 0 Å². The Kier molecular flexibility index (Phi) is 5.53. The summed E-state index contributed by atoms with van der Waals surface area (Å²) in [4.78, 5) is 17.9. The van der Waals surface area contributed by atoms with Crippen LogP contribution in [0.15, 0.2) is 18.5 Å². The van der Waals surface area contributed by atoms with E-state index >= 15 is 0 Å². The highest BCUT2D eigenvalue weighted by molar-refractivity contribution is 5.85. The molecule has 0 spiro atoms. The topological polar surface area (TPSA) is 62.6 Å². The first-order valence-electron chi connectivity index (χ1n) is 8.90. The van der Waals surface area contributed by atoms with E-state index in [1.807, 2.05) is 21.8 Å². The predicted octanol–water partition coefficient (Wildman–Crippen LogP) is 0.141. The van der Waals surface area contributed by atoms with E-state index in [1.54, 1.807) is 13.3 Å². The highest BCUT2D eigenvalue weighted by Crippen LogP contribution is 2.30. The van der Waals surface area contributed by atoms with Crippen molar-refractivity contribution in [3.63, 3.8) is 0 Å². The van der Waals surface area contributed by atoms with Gasteiger partial charge in [-0.1, -0.05) is 0 Å². The van der Waals surface area contributed by atoms with Crippen molar-refractivity contribution in [3.8, 4) is 0 Å². The van der Waals surface area contributed by atoms with Crippen molar-refractivity contribution in [1.82, 2.24) is 24.9 Å². The molecule has 1 N–H and O–H groups in total. The molecular weight excluding hydrogens is 306 g/mol. The maximum atomic E-state index is 13.4.